The van der Waals surface area contributed by atoms with Gasteiger partial charge in [-0.1, -0.05) is 0 Å². The molecule has 0 aliphatic carbocycles. The fraction of sp³-hybridized carbons (Fsp3) is 0.308. The summed E-state index contributed by atoms with van der Waals surface area (Å²) in [5.74, 6) is -1.55. The summed E-state index contributed by atoms with van der Waals surface area (Å²) in [4.78, 5) is 36.3. The van der Waals surface area contributed by atoms with Gasteiger partial charge in [-0.15, -0.1) is 0 Å². The van der Waals surface area contributed by atoms with Gasteiger partial charge in [0, 0.05) is 0 Å². The average Bonchev–Trinajstić information content (AvgIpc) is 2.65. The molecule has 0 saturated carbocycles. The number of Topliss-reactive ketones (excluding diaryl/α,β-unsaturated/α-hetero) is 2. The molecule has 4 nitrogen and oxygen atoms in total. The fourth-order valence-electron chi connectivity index (χ4n) is 1.89. The van der Waals surface area contributed by atoms with Crippen molar-refractivity contribution in [2.24, 2.45) is 0 Å². The van der Waals surface area contributed by atoms with Crippen molar-refractivity contribution in [2.75, 3.05) is 6.61 Å². The summed E-state index contributed by atoms with van der Waals surface area (Å²) in [7, 11) is 0. The second kappa shape index (κ2) is 4.67. The number of benzene rings is 1. The van der Waals surface area contributed by atoms with Gasteiger partial charge in [0.2, 0.25) is 0 Å². The van der Waals surface area contributed by atoms with Gasteiger partial charge in [-0.05, 0) is 0 Å². The molecule has 2 rings (SSSR count). The number of carbonyl (C=O) groups excluding carboxylic acids is 3. The maximum atomic E-state index is 12.4. The number of ether oxygens (including phenoxy) is 1. The van der Waals surface area contributed by atoms with Crippen LogP contribution in [0.2, 0.25) is 4.31 Å². The van der Waals surface area contributed by atoms with Crippen LogP contribution in [-0.2, 0) is 14.3 Å². The Bertz CT molecular complexity index is 538. The molecular formula is C13H12O4Se. The Labute approximate surface area is 111 Å². The zero-order valence-corrected chi connectivity index (χ0v) is 11.8. The Morgan fingerprint density at radius 3 is 2.56 bits per heavy atom. The SMILES string of the molecule is CCOC(=O)C1(C(C)=O)[Se]c2ccccc2C1=O. The molecule has 0 aromatic heterocycles. The summed E-state index contributed by atoms with van der Waals surface area (Å²) in [6.07, 6.45) is 0. The zero-order chi connectivity index (χ0) is 13.3. The van der Waals surface area contributed by atoms with Gasteiger partial charge in [0.1, 0.15) is 0 Å². The van der Waals surface area contributed by atoms with Crippen molar-refractivity contribution in [3.63, 3.8) is 0 Å². The van der Waals surface area contributed by atoms with Gasteiger partial charge < -0.3 is 0 Å². The number of hydrogen-bond acceptors (Lipinski definition) is 4. The molecule has 0 bridgehead atoms. The molecule has 0 spiro atoms. The topological polar surface area (TPSA) is 60.4 Å². The Hall–Kier alpha value is -1.45. The van der Waals surface area contributed by atoms with Crippen LogP contribution < -0.4 is 4.46 Å². The second-order valence-corrected chi connectivity index (χ2v) is 6.52. The van der Waals surface area contributed by atoms with Crippen LogP contribution in [0.4, 0.5) is 0 Å². The van der Waals surface area contributed by atoms with Crippen LogP contribution in [0.5, 0.6) is 0 Å². The molecule has 0 radical (unpaired) electrons. The van der Waals surface area contributed by atoms with Crippen molar-refractivity contribution >= 4 is 37.0 Å². The Kier molecular flexibility index (Phi) is 3.37. The normalized spacial score (nSPS) is 21.6. The monoisotopic (exact) mass is 312 g/mol. The van der Waals surface area contributed by atoms with E-state index in [0.29, 0.717) is 5.56 Å². The van der Waals surface area contributed by atoms with Crippen LogP contribution in [0.25, 0.3) is 0 Å². The van der Waals surface area contributed by atoms with Crippen LogP contribution >= 0.6 is 0 Å². The molecule has 1 aromatic rings. The van der Waals surface area contributed by atoms with E-state index in [1.165, 1.54) is 6.92 Å². The van der Waals surface area contributed by atoms with Gasteiger partial charge in [-0.3, -0.25) is 0 Å². The van der Waals surface area contributed by atoms with E-state index in [9.17, 15) is 14.4 Å². The molecule has 1 aromatic carbocycles. The molecule has 1 aliphatic heterocycles. The molecule has 1 unspecified atom stereocenters. The van der Waals surface area contributed by atoms with Crippen LogP contribution in [0.1, 0.15) is 24.2 Å². The molecule has 0 fully saturated rings. The van der Waals surface area contributed by atoms with E-state index in [1.54, 1.807) is 31.2 Å². The average molecular weight is 311 g/mol. The molecule has 0 saturated heterocycles. The molecule has 5 heteroatoms. The van der Waals surface area contributed by atoms with Gasteiger partial charge in [-0.25, -0.2) is 0 Å². The molecule has 94 valence electrons. The number of rotatable bonds is 3. The molecule has 0 N–H and O–H groups in total. The first-order valence-corrected chi connectivity index (χ1v) is 7.26. The summed E-state index contributed by atoms with van der Waals surface area (Å²) in [6, 6.07) is 6.98. The summed E-state index contributed by atoms with van der Waals surface area (Å²) in [5, 5.41) is 0. The molecule has 0 amide bonds. The standard InChI is InChI=1S/C13H12O4Se/c1-3-17-12(16)13(8(2)14)11(15)9-6-4-5-7-10(9)18-13/h4-7H,3H2,1-2H3. The van der Waals surface area contributed by atoms with Crippen LogP contribution in [0.3, 0.4) is 0 Å². The minimum atomic E-state index is -1.60. The summed E-state index contributed by atoms with van der Waals surface area (Å²) >= 11 is -0.543. The number of hydrogen-bond donors (Lipinski definition) is 0. The number of fused-ring (bicyclic) bond motifs is 1. The first-order valence-electron chi connectivity index (χ1n) is 5.55. The third kappa shape index (κ3) is 1.71. The van der Waals surface area contributed by atoms with Gasteiger partial charge in [0.05, 0.1) is 0 Å². The first kappa shape index (κ1) is 13.0. The van der Waals surface area contributed by atoms with Crippen LogP contribution in [0, 0.1) is 0 Å². The Morgan fingerprint density at radius 2 is 2.00 bits per heavy atom. The van der Waals surface area contributed by atoms with E-state index in [4.69, 9.17) is 4.74 Å². The molecular weight excluding hydrogens is 299 g/mol. The summed E-state index contributed by atoms with van der Waals surface area (Å²) in [5.41, 5.74) is 0.473. The van der Waals surface area contributed by atoms with Crippen molar-refractivity contribution in [3.05, 3.63) is 29.8 Å². The minimum absolute atomic E-state index is 0.160. The molecule has 1 atom stereocenters. The van der Waals surface area contributed by atoms with Crippen LogP contribution in [-0.4, -0.2) is 39.1 Å². The fourth-order valence-corrected chi connectivity index (χ4v) is 4.48. The van der Waals surface area contributed by atoms with Crippen molar-refractivity contribution in [1.82, 2.24) is 0 Å². The van der Waals surface area contributed by atoms with Crippen molar-refractivity contribution in [2.45, 2.75) is 18.2 Å². The van der Waals surface area contributed by atoms with E-state index in [1.807, 2.05) is 0 Å². The zero-order valence-electron chi connectivity index (χ0n) is 10.1. The number of esters is 1. The van der Waals surface area contributed by atoms with Gasteiger partial charge in [0.25, 0.3) is 0 Å². The predicted octanol–water partition coefficient (Wildman–Crippen LogP) is 0.523. The molecule has 1 heterocycles. The third-order valence-electron chi connectivity index (χ3n) is 2.77. The van der Waals surface area contributed by atoms with E-state index in [-0.39, 0.29) is 6.61 Å². The quantitative estimate of drug-likeness (QED) is 0.464. The Morgan fingerprint density at radius 1 is 1.33 bits per heavy atom. The predicted molar refractivity (Wildman–Crippen MR) is 66.2 cm³/mol. The van der Waals surface area contributed by atoms with Gasteiger partial charge in [-0.2, -0.15) is 0 Å². The van der Waals surface area contributed by atoms with E-state index >= 15 is 0 Å². The molecule has 1 aliphatic rings. The number of ketones is 2. The first-order chi connectivity index (χ1) is 8.54. The Balaban J connectivity index is 2.51. The van der Waals surface area contributed by atoms with E-state index < -0.39 is 36.8 Å². The van der Waals surface area contributed by atoms with E-state index in [2.05, 4.69) is 0 Å². The van der Waals surface area contributed by atoms with Crippen LogP contribution in [0.15, 0.2) is 24.3 Å². The van der Waals surface area contributed by atoms with Crippen molar-refractivity contribution in [1.29, 1.82) is 0 Å². The van der Waals surface area contributed by atoms with Gasteiger partial charge in [0.15, 0.2) is 0 Å². The third-order valence-corrected chi connectivity index (χ3v) is 5.97. The van der Waals surface area contributed by atoms with Crippen molar-refractivity contribution in [3.8, 4) is 0 Å². The summed E-state index contributed by atoms with van der Waals surface area (Å²) in [6.45, 7) is 3.10. The molecule has 18 heavy (non-hydrogen) atoms. The van der Waals surface area contributed by atoms with Crippen molar-refractivity contribution < 1.29 is 19.1 Å². The van der Waals surface area contributed by atoms with Gasteiger partial charge >= 0.3 is 111 Å². The second-order valence-electron chi connectivity index (χ2n) is 3.89. The maximum absolute atomic E-state index is 12.4. The summed E-state index contributed by atoms with van der Waals surface area (Å²) < 4.78 is 4.11. The van der Waals surface area contributed by atoms with E-state index in [0.717, 1.165) is 4.46 Å². The number of carbonyl (C=O) groups is 3.